The molecule has 0 N–H and O–H groups in total. The second-order valence-corrected chi connectivity index (χ2v) is 0. The van der Waals surface area contributed by atoms with Crippen molar-refractivity contribution in [1.82, 2.24) is 0 Å². The fraction of sp³-hybridized carbons (Fsp3) is 0. The van der Waals surface area contributed by atoms with E-state index in [9.17, 15) is 0 Å². The fourth-order valence-corrected chi connectivity index (χ4v) is 0. The molecule has 0 aromatic heterocycles. The molecular weight excluding hydrogens is 116 g/mol. The van der Waals surface area contributed by atoms with E-state index in [1.165, 1.54) is 0 Å². The normalized spacial score (nSPS) is 0. The van der Waals surface area contributed by atoms with E-state index < -0.39 is 0 Å². The van der Waals surface area contributed by atoms with E-state index in [2.05, 4.69) is 0 Å². The maximum Gasteiger partial charge on any atom is 2.00 e. The number of hydrogen-bond donors (Lipinski definition) is 0. The molecule has 32 valence electrons. The Labute approximate surface area is 56.4 Å². The summed E-state index contributed by atoms with van der Waals surface area (Å²) in [6.45, 7) is 0. The maximum absolute atomic E-state index is 0. The first-order valence-electron chi connectivity index (χ1n) is 0. The minimum atomic E-state index is 0. The van der Waals surface area contributed by atoms with E-state index in [4.69, 9.17) is 0 Å². The molecule has 0 aromatic rings. The third kappa shape index (κ3) is 46.1. The Bertz CT molecular complexity index is 3.61. The quantitative estimate of drug-likeness (QED) is 0.219. The van der Waals surface area contributed by atoms with Gasteiger partial charge in [0, 0.05) is 0 Å². The van der Waals surface area contributed by atoms with Crippen LogP contribution >= 0.6 is 0 Å². The zero-order valence-electron chi connectivity index (χ0n) is 2.28. The standard InChI is InChI=1S/Ca.4FH/h;4*1H/q+2;;;;/p-2. The first-order valence-corrected chi connectivity index (χ1v) is 0. The van der Waals surface area contributed by atoms with Gasteiger partial charge in [-0.15, -0.1) is 0 Å². The molecule has 0 rings (SSSR count). The van der Waals surface area contributed by atoms with Crippen LogP contribution in [0.5, 0.6) is 0 Å². The minimum Gasteiger partial charge on any atom is -1.00 e. The van der Waals surface area contributed by atoms with Crippen LogP contribution in [0, 0.1) is 0 Å². The average Bonchev–Trinajstić information content (AvgIpc) is 0. The van der Waals surface area contributed by atoms with Crippen molar-refractivity contribution in [2.24, 2.45) is 0 Å². The average molecular weight is 118 g/mol. The van der Waals surface area contributed by atoms with Crippen molar-refractivity contribution in [3.8, 4) is 0 Å². The van der Waals surface area contributed by atoms with Gasteiger partial charge in [0.1, 0.15) is 0 Å². The Balaban J connectivity index is 0. The Hall–Kier alpha value is 0.980. The van der Waals surface area contributed by atoms with Crippen LogP contribution in [0.1, 0.15) is 0 Å². The minimum absolute atomic E-state index is 0. The fourth-order valence-electron chi connectivity index (χ4n) is 0. The molecule has 0 aromatic carbocycles. The summed E-state index contributed by atoms with van der Waals surface area (Å²) in [4.78, 5) is 0. The summed E-state index contributed by atoms with van der Waals surface area (Å²) in [6, 6.07) is 0. The van der Waals surface area contributed by atoms with Crippen LogP contribution in [0.3, 0.4) is 0 Å². The Morgan fingerprint density at radius 1 is 0.600 bits per heavy atom. The van der Waals surface area contributed by atoms with Gasteiger partial charge in [-0.2, -0.15) is 0 Å². The summed E-state index contributed by atoms with van der Waals surface area (Å²) in [5, 5.41) is 0. The number of rotatable bonds is 0. The van der Waals surface area contributed by atoms with Crippen molar-refractivity contribution in [3.63, 3.8) is 0 Å². The molecule has 0 radical (unpaired) electrons. The van der Waals surface area contributed by atoms with Gasteiger partial charge >= 0.3 is 37.7 Å². The topological polar surface area (TPSA) is 0 Å². The summed E-state index contributed by atoms with van der Waals surface area (Å²) in [5.74, 6) is 0. The Morgan fingerprint density at radius 2 is 0.600 bits per heavy atom. The molecule has 0 aliphatic rings. The molecule has 0 spiro atoms. The van der Waals surface area contributed by atoms with Crippen molar-refractivity contribution in [3.05, 3.63) is 0 Å². The van der Waals surface area contributed by atoms with Gasteiger partial charge < -0.3 is 9.41 Å². The molecule has 5 heavy (non-hydrogen) atoms. The third-order valence-corrected chi connectivity index (χ3v) is 0. The molecule has 0 fully saturated rings. The predicted octanol–water partition coefficient (Wildman–Crippen LogP) is -6.07. The van der Waals surface area contributed by atoms with Gasteiger partial charge in [-0.3, -0.25) is 9.41 Å². The molecule has 0 unspecified atom stereocenters. The van der Waals surface area contributed by atoms with E-state index >= 15 is 0 Å². The van der Waals surface area contributed by atoms with Gasteiger partial charge in [-0.05, 0) is 0 Å². The van der Waals surface area contributed by atoms with Crippen LogP contribution in [-0.2, 0) is 0 Å². The second kappa shape index (κ2) is 82.2. The molecule has 0 heterocycles. The first kappa shape index (κ1) is 154. The van der Waals surface area contributed by atoms with Crippen LogP contribution in [0.25, 0.3) is 0 Å². The molecule has 0 atom stereocenters. The van der Waals surface area contributed by atoms with E-state index in [1.54, 1.807) is 0 Å². The molecule has 0 nitrogen and oxygen atoms in total. The van der Waals surface area contributed by atoms with Crippen LogP contribution < -0.4 is 9.41 Å². The molecular formula is H2CaF4. The molecule has 5 heteroatoms. The van der Waals surface area contributed by atoms with E-state index in [0.29, 0.717) is 0 Å². The Morgan fingerprint density at radius 3 is 0.600 bits per heavy atom. The maximum atomic E-state index is 0. The largest absolute Gasteiger partial charge is 2.00 e. The van der Waals surface area contributed by atoms with Crippen molar-refractivity contribution in [1.29, 1.82) is 0 Å². The van der Waals surface area contributed by atoms with Crippen LogP contribution in [0.2, 0.25) is 0 Å². The van der Waals surface area contributed by atoms with Crippen molar-refractivity contribution in [2.45, 2.75) is 0 Å². The summed E-state index contributed by atoms with van der Waals surface area (Å²) in [7, 11) is 0. The van der Waals surface area contributed by atoms with Crippen LogP contribution in [0.4, 0.5) is 9.41 Å². The summed E-state index contributed by atoms with van der Waals surface area (Å²) in [6.07, 6.45) is 0. The first-order chi connectivity index (χ1) is 0. The van der Waals surface area contributed by atoms with Gasteiger partial charge in [0.05, 0.1) is 0 Å². The zero-order chi connectivity index (χ0) is 0. The van der Waals surface area contributed by atoms with Gasteiger partial charge in [-0.1, -0.05) is 0 Å². The second-order valence-electron chi connectivity index (χ2n) is 0. The SMILES string of the molecule is F.F.[Ca+2].[F-].[F-]. The number of hydrogen-bond acceptors (Lipinski definition) is 0. The molecule has 0 bridgehead atoms. The molecule has 0 aliphatic carbocycles. The molecule has 0 aliphatic heterocycles. The predicted molar refractivity (Wildman–Crippen MR) is 10.8 cm³/mol. The van der Waals surface area contributed by atoms with Crippen molar-refractivity contribution in [2.75, 3.05) is 0 Å². The van der Waals surface area contributed by atoms with Crippen LogP contribution in [0.15, 0.2) is 0 Å². The van der Waals surface area contributed by atoms with Gasteiger partial charge in [-0.25, -0.2) is 0 Å². The van der Waals surface area contributed by atoms with Crippen molar-refractivity contribution < 1.29 is 18.8 Å². The monoisotopic (exact) mass is 118 g/mol. The summed E-state index contributed by atoms with van der Waals surface area (Å²) >= 11 is 0. The molecule has 0 amide bonds. The summed E-state index contributed by atoms with van der Waals surface area (Å²) < 4.78 is 0. The number of halogens is 4. The smallest absolute Gasteiger partial charge is 1.00 e. The van der Waals surface area contributed by atoms with Crippen LogP contribution in [-0.4, -0.2) is 37.7 Å². The van der Waals surface area contributed by atoms with Gasteiger partial charge in [0.2, 0.25) is 0 Å². The van der Waals surface area contributed by atoms with E-state index in [0.717, 1.165) is 0 Å². The Kier molecular flexibility index (Phi) is 2540. The van der Waals surface area contributed by atoms with Gasteiger partial charge in [0.15, 0.2) is 0 Å². The third-order valence-electron chi connectivity index (χ3n) is 0. The van der Waals surface area contributed by atoms with Gasteiger partial charge in [0.25, 0.3) is 0 Å². The zero-order valence-corrected chi connectivity index (χ0v) is 4.49. The summed E-state index contributed by atoms with van der Waals surface area (Å²) in [5.41, 5.74) is 0. The van der Waals surface area contributed by atoms with E-state index in [-0.39, 0.29) is 56.6 Å². The van der Waals surface area contributed by atoms with E-state index in [1.807, 2.05) is 0 Å². The molecule has 0 saturated carbocycles. The molecule has 0 saturated heterocycles. The van der Waals surface area contributed by atoms with Crippen molar-refractivity contribution >= 4 is 37.7 Å².